The first kappa shape index (κ1) is 25.0. The van der Waals surface area contributed by atoms with E-state index in [0.29, 0.717) is 32.4 Å². The standard InChI is InChI=1S/C25H31N3O4.ClH/c29-19-8-10-25-11-9-24(31)27-14-2-1-12-26-13-3-15-28-23(30)7-5-18-4-6-21(20(25)16-18)32-22(25)17-19;/h4-7,9,11,16,22,26H,1-3,8,10,12-15,17H2,(H,27,31)(H,28,30);1H/b7-5-,11-9+;/t22-,25+;/m1./s1. The lowest BCUT2D eigenvalue weighted by Gasteiger charge is -2.35. The first-order valence-corrected chi connectivity index (χ1v) is 11.5. The van der Waals surface area contributed by atoms with Crippen LogP contribution in [0.15, 0.2) is 36.4 Å². The number of carbonyl (C=O) groups excluding carboxylic acids is 3. The molecule has 3 N–H and O–H groups in total. The second-order valence-corrected chi connectivity index (χ2v) is 8.70. The van der Waals surface area contributed by atoms with Gasteiger partial charge in [-0.25, -0.2) is 0 Å². The van der Waals surface area contributed by atoms with Crippen molar-refractivity contribution in [3.8, 4) is 5.75 Å². The topological polar surface area (TPSA) is 96.5 Å². The highest BCUT2D eigenvalue weighted by Gasteiger charge is 2.50. The van der Waals surface area contributed by atoms with Gasteiger partial charge in [0.05, 0.1) is 5.41 Å². The number of nitrogens with one attached hydrogen (secondary N) is 3. The van der Waals surface area contributed by atoms with Crippen molar-refractivity contribution >= 4 is 36.1 Å². The largest absolute Gasteiger partial charge is 0.488 e. The molecule has 0 radical (unpaired) electrons. The highest BCUT2D eigenvalue weighted by molar-refractivity contribution is 5.92. The van der Waals surface area contributed by atoms with Crippen molar-refractivity contribution in [3.05, 3.63) is 47.6 Å². The molecule has 0 aromatic heterocycles. The predicted molar refractivity (Wildman–Crippen MR) is 130 cm³/mol. The third-order valence-electron chi connectivity index (χ3n) is 6.45. The molecule has 1 aliphatic carbocycles. The van der Waals surface area contributed by atoms with E-state index in [9.17, 15) is 14.4 Å². The van der Waals surface area contributed by atoms with Crippen molar-refractivity contribution in [3.63, 3.8) is 0 Å². The van der Waals surface area contributed by atoms with E-state index in [-0.39, 0.29) is 36.1 Å². The lowest BCUT2D eigenvalue weighted by atomic mass is 9.68. The van der Waals surface area contributed by atoms with Crippen LogP contribution in [0.25, 0.3) is 6.08 Å². The van der Waals surface area contributed by atoms with Crippen molar-refractivity contribution in [2.45, 2.75) is 50.0 Å². The summed E-state index contributed by atoms with van der Waals surface area (Å²) in [5.74, 6) is 0.677. The fourth-order valence-electron chi connectivity index (χ4n) is 4.66. The molecule has 178 valence electrons. The average molecular weight is 474 g/mol. The summed E-state index contributed by atoms with van der Waals surface area (Å²) in [6.07, 6.45) is 10.7. The Labute approximate surface area is 200 Å². The van der Waals surface area contributed by atoms with Gasteiger partial charge in [-0.2, -0.15) is 0 Å². The van der Waals surface area contributed by atoms with Crippen LogP contribution in [0.2, 0.25) is 0 Å². The minimum atomic E-state index is -0.516. The zero-order chi connectivity index (χ0) is 22.4. The van der Waals surface area contributed by atoms with E-state index >= 15 is 0 Å². The number of hydrogen-bond donors (Lipinski definition) is 3. The lowest BCUT2D eigenvalue weighted by Crippen LogP contribution is -2.42. The van der Waals surface area contributed by atoms with Crippen LogP contribution in [0.5, 0.6) is 5.75 Å². The number of ether oxygens (including phenoxy) is 1. The van der Waals surface area contributed by atoms with Crippen LogP contribution in [-0.4, -0.2) is 49.9 Å². The molecule has 2 heterocycles. The molecule has 1 aromatic rings. The van der Waals surface area contributed by atoms with Crippen molar-refractivity contribution in [2.75, 3.05) is 26.2 Å². The smallest absolute Gasteiger partial charge is 0.243 e. The molecular formula is C25H32ClN3O4. The van der Waals surface area contributed by atoms with Gasteiger partial charge in [0.2, 0.25) is 11.8 Å². The molecule has 1 fully saturated rings. The molecule has 0 saturated heterocycles. The molecule has 33 heavy (non-hydrogen) atoms. The van der Waals surface area contributed by atoms with E-state index in [1.54, 1.807) is 18.2 Å². The number of benzene rings is 1. The van der Waals surface area contributed by atoms with Gasteiger partial charge >= 0.3 is 0 Å². The molecule has 4 rings (SSSR count). The molecular weight excluding hydrogens is 442 g/mol. The number of hydrogen-bond acceptors (Lipinski definition) is 5. The Morgan fingerprint density at radius 2 is 1.61 bits per heavy atom. The predicted octanol–water partition coefficient (Wildman–Crippen LogP) is 2.44. The summed E-state index contributed by atoms with van der Waals surface area (Å²) in [4.78, 5) is 36.8. The van der Waals surface area contributed by atoms with E-state index in [1.807, 2.05) is 24.3 Å². The average Bonchev–Trinajstić information content (AvgIpc) is 3.10. The van der Waals surface area contributed by atoms with Gasteiger partial charge in [-0.1, -0.05) is 12.1 Å². The van der Waals surface area contributed by atoms with Crippen molar-refractivity contribution in [1.29, 1.82) is 0 Å². The number of fused-ring (bicyclic) bond motifs is 1. The maximum absolute atomic E-state index is 12.5. The SMILES string of the molecule is Cl.O=C1CC[C@]23/C=C/C(=O)NCCCCNCCCNC(=O)/C=C\c4ccc(c2c4)O[C@@H]3C1. The van der Waals surface area contributed by atoms with Gasteiger partial charge in [-0.15, -0.1) is 12.4 Å². The number of Topliss-reactive ketones (excluding diaryl/α,β-unsaturated/α-hetero) is 1. The molecule has 1 spiro atoms. The van der Waals surface area contributed by atoms with Gasteiger partial charge in [0.15, 0.2) is 0 Å². The van der Waals surface area contributed by atoms with Crippen molar-refractivity contribution < 1.29 is 19.1 Å². The fraction of sp³-hybridized carbons (Fsp3) is 0.480. The van der Waals surface area contributed by atoms with Gasteiger partial charge in [0.25, 0.3) is 0 Å². The van der Waals surface area contributed by atoms with Crippen LogP contribution in [0.1, 0.15) is 49.7 Å². The Hall–Kier alpha value is -2.64. The maximum Gasteiger partial charge on any atom is 0.243 e. The second kappa shape index (κ2) is 11.5. The van der Waals surface area contributed by atoms with Crippen LogP contribution in [-0.2, 0) is 19.8 Å². The monoisotopic (exact) mass is 473 g/mol. The summed E-state index contributed by atoms with van der Waals surface area (Å²) in [5, 5.41) is 9.23. The normalized spacial score (nSPS) is 28.2. The molecule has 3 aliphatic rings. The zero-order valence-electron chi connectivity index (χ0n) is 18.7. The number of halogens is 1. The number of ketones is 1. The highest BCUT2D eigenvalue weighted by Crippen LogP contribution is 2.51. The minimum Gasteiger partial charge on any atom is -0.488 e. The lowest BCUT2D eigenvalue weighted by molar-refractivity contribution is -0.123. The number of carbonyl (C=O) groups is 3. The van der Waals surface area contributed by atoms with Crippen LogP contribution in [0, 0.1) is 0 Å². The molecule has 1 saturated carbocycles. The van der Waals surface area contributed by atoms with Crippen molar-refractivity contribution in [2.24, 2.45) is 0 Å². The van der Waals surface area contributed by atoms with Crippen LogP contribution in [0.4, 0.5) is 0 Å². The first-order valence-electron chi connectivity index (χ1n) is 11.5. The summed E-state index contributed by atoms with van der Waals surface area (Å²) in [5.41, 5.74) is 1.34. The Kier molecular flexibility index (Phi) is 8.69. The van der Waals surface area contributed by atoms with E-state index in [2.05, 4.69) is 16.0 Å². The maximum atomic E-state index is 12.5. The molecule has 2 atom stereocenters. The molecule has 1 aromatic carbocycles. The first-order chi connectivity index (χ1) is 15.6. The highest BCUT2D eigenvalue weighted by atomic mass is 35.5. The Balaban J connectivity index is 0.00000306. The fourth-order valence-corrected chi connectivity index (χ4v) is 4.66. The molecule has 2 bridgehead atoms. The van der Waals surface area contributed by atoms with Gasteiger partial charge in [-0.3, -0.25) is 14.4 Å². The van der Waals surface area contributed by atoms with Gasteiger partial charge in [-0.05, 0) is 68.6 Å². The van der Waals surface area contributed by atoms with Gasteiger partial charge in [0, 0.05) is 37.6 Å². The second-order valence-electron chi connectivity index (χ2n) is 8.70. The van der Waals surface area contributed by atoms with E-state index in [1.165, 1.54) is 0 Å². The zero-order valence-corrected chi connectivity index (χ0v) is 19.5. The van der Waals surface area contributed by atoms with E-state index in [4.69, 9.17) is 4.74 Å². The van der Waals surface area contributed by atoms with Gasteiger partial charge in [0.1, 0.15) is 17.6 Å². The quantitative estimate of drug-likeness (QED) is 0.537. The molecule has 8 heteroatoms. The van der Waals surface area contributed by atoms with E-state index < -0.39 is 5.41 Å². The number of amides is 2. The summed E-state index contributed by atoms with van der Waals surface area (Å²) in [6, 6.07) is 5.81. The number of rotatable bonds is 0. The summed E-state index contributed by atoms with van der Waals surface area (Å²) >= 11 is 0. The molecule has 0 unspecified atom stereocenters. The van der Waals surface area contributed by atoms with Gasteiger partial charge < -0.3 is 20.7 Å². The van der Waals surface area contributed by atoms with Crippen molar-refractivity contribution in [1.82, 2.24) is 16.0 Å². The van der Waals surface area contributed by atoms with Crippen LogP contribution < -0.4 is 20.7 Å². The minimum absolute atomic E-state index is 0. The summed E-state index contributed by atoms with van der Waals surface area (Å²) in [7, 11) is 0. The molecule has 2 amide bonds. The molecule has 7 nitrogen and oxygen atoms in total. The summed E-state index contributed by atoms with van der Waals surface area (Å²) in [6.45, 7) is 2.97. The third-order valence-corrected chi connectivity index (χ3v) is 6.45. The Morgan fingerprint density at radius 3 is 2.45 bits per heavy atom. The van der Waals surface area contributed by atoms with Crippen LogP contribution in [0.3, 0.4) is 0 Å². The summed E-state index contributed by atoms with van der Waals surface area (Å²) < 4.78 is 6.16. The third kappa shape index (κ3) is 6.03. The Bertz CT molecular complexity index is 946. The molecule has 2 aliphatic heterocycles. The Morgan fingerprint density at radius 1 is 0.879 bits per heavy atom. The van der Waals surface area contributed by atoms with Crippen LogP contribution >= 0.6 is 12.4 Å². The van der Waals surface area contributed by atoms with E-state index in [0.717, 1.165) is 49.2 Å².